The van der Waals surface area contributed by atoms with E-state index in [0.29, 0.717) is 35.7 Å². The van der Waals surface area contributed by atoms with Crippen LogP contribution in [0.15, 0.2) is 55.0 Å². The minimum atomic E-state index is 0.199. The summed E-state index contributed by atoms with van der Waals surface area (Å²) in [5.74, 6) is 2.92. The molecule has 2 atom stereocenters. The molecule has 0 aliphatic heterocycles. The van der Waals surface area contributed by atoms with Gasteiger partial charge in [0.15, 0.2) is 5.65 Å². The lowest BCUT2D eigenvalue weighted by Crippen LogP contribution is -2.27. The summed E-state index contributed by atoms with van der Waals surface area (Å²) in [7, 11) is 0. The summed E-state index contributed by atoms with van der Waals surface area (Å²) >= 11 is 0. The molecule has 6 heteroatoms. The van der Waals surface area contributed by atoms with Crippen molar-refractivity contribution in [2.75, 3.05) is 6.61 Å². The van der Waals surface area contributed by atoms with E-state index in [0.717, 1.165) is 73.7 Å². The molecule has 2 unspecified atom stereocenters. The zero-order valence-electron chi connectivity index (χ0n) is 21.7. The molecule has 4 aromatic rings. The van der Waals surface area contributed by atoms with Crippen LogP contribution >= 0.6 is 0 Å². The first-order valence-electron chi connectivity index (χ1n) is 14.0. The molecule has 1 N–H and O–H groups in total. The van der Waals surface area contributed by atoms with Crippen LogP contribution in [-0.2, 0) is 4.79 Å². The van der Waals surface area contributed by atoms with E-state index in [1.54, 1.807) is 12.1 Å². The summed E-state index contributed by atoms with van der Waals surface area (Å²) in [5, 5.41) is 11.3. The number of aromatic nitrogens is 3. The van der Waals surface area contributed by atoms with Crippen molar-refractivity contribution in [3.8, 4) is 11.8 Å². The molecule has 0 spiro atoms. The Labute approximate surface area is 223 Å². The predicted octanol–water partition coefficient (Wildman–Crippen LogP) is 7.10. The average Bonchev–Trinajstić information content (AvgIpc) is 3.46. The van der Waals surface area contributed by atoms with E-state index < -0.39 is 0 Å². The standard InChI is InChI=1S/C32H34N4O2/c33-18-21-4-10-26(11-5-21)38-20-23-3-1-2-22(16-23)17-30(37)25-8-6-24(7-9-25)27-12-14-34-29-19-36-32-28(31(27)29)13-15-35-32/h4-5,10-15,19,22-25,34H,1-3,6-9,16-17,20H2. The van der Waals surface area contributed by atoms with Gasteiger partial charge < -0.3 is 9.72 Å². The van der Waals surface area contributed by atoms with Crippen LogP contribution in [0.4, 0.5) is 0 Å². The van der Waals surface area contributed by atoms with Crippen molar-refractivity contribution in [2.24, 2.45) is 17.8 Å². The molecule has 0 saturated heterocycles. The van der Waals surface area contributed by atoms with Crippen LogP contribution in [0.2, 0.25) is 0 Å². The Hall–Kier alpha value is -3.72. The normalized spacial score (nSPS) is 23.8. The van der Waals surface area contributed by atoms with Gasteiger partial charge in [-0.3, -0.25) is 4.79 Å². The van der Waals surface area contributed by atoms with Gasteiger partial charge in [-0.15, -0.1) is 0 Å². The number of carbonyl (C=O) groups excluding carboxylic acids is 1. The molecule has 2 saturated carbocycles. The maximum Gasteiger partial charge on any atom is 0.159 e. The molecule has 38 heavy (non-hydrogen) atoms. The van der Waals surface area contributed by atoms with Crippen molar-refractivity contribution in [2.45, 2.75) is 63.7 Å². The van der Waals surface area contributed by atoms with Crippen LogP contribution in [0.1, 0.15) is 74.8 Å². The summed E-state index contributed by atoms with van der Waals surface area (Å²) < 4.78 is 6.02. The molecule has 0 radical (unpaired) electrons. The number of hydrogen-bond acceptors (Lipinski definition) is 5. The second-order valence-corrected chi connectivity index (χ2v) is 11.2. The van der Waals surface area contributed by atoms with Gasteiger partial charge in [0, 0.05) is 35.5 Å². The summed E-state index contributed by atoms with van der Waals surface area (Å²) in [6, 6.07) is 13.7. The zero-order chi connectivity index (χ0) is 25.9. The van der Waals surface area contributed by atoms with E-state index in [9.17, 15) is 4.79 Å². The Balaban J connectivity index is 1.03. The van der Waals surface area contributed by atoms with Gasteiger partial charge in [0.1, 0.15) is 11.5 Å². The number of ether oxygens (including phenoxy) is 1. The summed E-state index contributed by atoms with van der Waals surface area (Å²) in [4.78, 5) is 25.6. The van der Waals surface area contributed by atoms with E-state index >= 15 is 0 Å². The van der Waals surface area contributed by atoms with Gasteiger partial charge in [0.05, 0.1) is 30.0 Å². The highest BCUT2D eigenvalue weighted by Crippen LogP contribution is 2.41. The zero-order valence-corrected chi connectivity index (χ0v) is 21.7. The van der Waals surface area contributed by atoms with Crippen LogP contribution in [0.25, 0.3) is 21.9 Å². The number of pyridine rings is 2. The first kappa shape index (κ1) is 24.6. The molecule has 194 valence electrons. The number of aromatic amines is 1. The van der Waals surface area contributed by atoms with Gasteiger partial charge in [-0.1, -0.05) is 6.42 Å². The van der Waals surface area contributed by atoms with Crippen LogP contribution < -0.4 is 4.74 Å². The van der Waals surface area contributed by atoms with Crippen molar-refractivity contribution in [1.29, 1.82) is 5.26 Å². The van der Waals surface area contributed by atoms with E-state index in [-0.39, 0.29) is 5.92 Å². The largest absolute Gasteiger partial charge is 0.493 e. The minimum Gasteiger partial charge on any atom is -0.493 e. The van der Waals surface area contributed by atoms with Crippen LogP contribution in [0.5, 0.6) is 5.75 Å². The summed E-state index contributed by atoms with van der Waals surface area (Å²) in [5.41, 5.74) is 3.86. The molecule has 2 aliphatic rings. The predicted molar refractivity (Wildman–Crippen MR) is 148 cm³/mol. The van der Waals surface area contributed by atoms with Gasteiger partial charge in [-0.2, -0.15) is 5.26 Å². The third kappa shape index (κ3) is 5.15. The Bertz CT molecular complexity index is 1460. The second kappa shape index (κ2) is 10.9. The van der Waals surface area contributed by atoms with Crippen molar-refractivity contribution in [1.82, 2.24) is 15.0 Å². The number of hydrogen-bond donors (Lipinski definition) is 1. The minimum absolute atomic E-state index is 0.199. The van der Waals surface area contributed by atoms with Crippen molar-refractivity contribution >= 4 is 27.7 Å². The maximum atomic E-state index is 13.3. The first-order valence-corrected chi connectivity index (χ1v) is 14.0. The Morgan fingerprint density at radius 1 is 1.00 bits per heavy atom. The lowest BCUT2D eigenvalue weighted by molar-refractivity contribution is -0.125. The first-order chi connectivity index (χ1) is 18.7. The maximum absolute atomic E-state index is 13.3. The van der Waals surface area contributed by atoms with Gasteiger partial charge in [0.25, 0.3) is 0 Å². The Morgan fingerprint density at radius 2 is 1.82 bits per heavy atom. The highest BCUT2D eigenvalue weighted by atomic mass is 16.5. The summed E-state index contributed by atoms with van der Waals surface area (Å²) in [6.45, 7) is 0.686. The Morgan fingerprint density at radius 3 is 2.63 bits per heavy atom. The smallest absolute Gasteiger partial charge is 0.159 e. The number of nitriles is 1. The summed E-state index contributed by atoms with van der Waals surface area (Å²) in [6.07, 6.45) is 15.1. The molecular weight excluding hydrogens is 472 g/mol. The number of H-pyrrole nitrogens is 1. The van der Waals surface area contributed by atoms with Gasteiger partial charge in [-0.25, -0.2) is 9.97 Å². The van der Waals surface area contributed by atoms with Crippen molar-refractivity contribution in [3.63, 3.8) is 0 Å². The number of rotatable bonds is 7. The number of nitrogens with zero attached hydrogens (tertiary/aromatic N) is 3. The number of fused-ring (bicyclic) bond motifs is 3. The van der Waals surface area contributed by atoms with Crippen molar-refractivity contribution < 1.29 is 9.53 Å². The van der Waals surface area contributed by atoms with Gasteiger partial charge >= 0.3 is 0 Å². The molecule has 3 heterocycles. The van der Waals surface area contributed by atoms with E-state index in [2.05, 4.69) is 33.2 Å². The fourth-order valence-corrected chi connectivity index (χ4v) is 6.78. The molecule has 0 bridgehead atoms. The highest BCUT2D eigenvalue weighted by Gasteiger charge is 2.31. The Kier molecular flexibility index (Phi) is 7.09. The molecular formula is C32H34N4O2. The van der Waals surface area contributed by atoms with Crippen LogP contribution in [-0.4, -0.2) is 27.3 Å². The number of Topliss-reactive ketones (excluding diaryl/α,β-unsaturated/α-hetero) is 1. The highest BCUT2D eigenvalue weighted by molar-refractivity contribution is 6.05. The van der Waals surface area contributed by atoms with Gasteiger partial charge in [0.2, 0.25) is 0 Å². The average molecular weight is 507 g/mol. The molecule has 6 nitrogen and oxygen atoms in total. The van der Waals surface area contributed by atoms with E-state index in [4.69, 9.17) is 10.00 Å². The van der Waals surface area contributed by atoms with Gasteiger partial charge in [-0.05, 0) is 105 Å². The SMILES string of the molecule is N#Cc1ccc(OCC2CCCC(CC(=O)C3CCC(c4cc[nH]c5cnc6nccc6c45)CC3)C2)cc1. The third-order valence-electron chi connectivity index (χ3n) is 8.80. The number of nitrogens with one attached hydrogen (secondary N) is 1. The van der Waals surface area contributed by atoms with E-state index in [1.165, 1.54) is 17.4 Å². The van der Waals surface area contributed by atoms with Crippen LogP contribution in [0.3, 0.4) is 0 Å². The molecule has 2 aliphatic carbocycles. The molecule has 1 aromatic carbocycles. The molecule has 0 amide bonds. The monoisotopic (exact) mass is 506 g/mol. The van der Waals surface area contributed by atoms with E-state index in [1.807, 2.05) is 30.7 Å². The topological polar surface area (TPSA) is 91.7 Å². The molecule has 3 aromatic heterocycles. The lowest BCUT2D eigenvalue weighted by Gasteiger charge is -2.32. The molecule has 6 rings (SSSR count). The van der Waals surface area contributed by atoms with Crippen LogP contribution in [0, 0.1) is 29.1 Å². The third-order valence-corrected chi connectivity index (χ3v) is 8.80. The quantitative estimate of drug-likeness (QED) is 0.289. The molecule has 2 fully saturated rings. The number of benzene rings is 1. The fourth-order valence-electron chi connectivity index (χ4n) is 6.78. The fraction of sp³-hybridized carbons (Fsp3) is 0.438. The van der Waals surface area contributed by atoms with Crippen molar-refractivity contribution in [3.05, 3.63) is 66.1 Å². The number of carbonyl (C=O) groups is 1. The number of ketones is 1. The second-order valence-electron chi connectivity index (χ2n) is 11.2. The lowest BCUT2D eigenvalue weighted by atomic mass is 9.73.